The highest BCUT2D eigenvalue weighted by Crippen LogP contribution is 2.51. The van der Waals surface area contributed by atoms with Crippen molar-refractivity contribution in [1.29, 1.82) is 0 Å². The van der Waals surface area contributed by atoms with Crippen LogP contribution in [0, 0.1) is 6.92 Å². The Kier molecular flexibility index (Phi) is 4.98. The van der Waals surface area contributed by atoms with Crippen LogP contribution >= 0.6 is 34.8 Å². The lowest BCUT2D eigenvalue weighted by Gasteiger charge is -2.17. The van der Waals surface area contributed by atoms with Crippen LogP contribution in [-0.2, 0) is 0 Å². The molecule has 0 aliphatic rings. The fraction of sp³-hybridized carbons (Fsp3) is 0.286. The summed E-state index contributed by atoms with van der Waals surface area (Å²) in [6.45, 7) is 5.64. The first-order valence-electron chi connectivity index (χ1n) is 6.55. The Labute approximate surface area is 147 Å². The molecule has 0 fully saturated rings. The molecule has 124 valence electrons. The van der Waals surface area contributed by atoms with Gasteiger partial charge in [-0.2, -0.15) is 0 Å². The lowest BCUT2D eigenvalue weighted by molar-refractivity contribution is 0.423. The number of nitrogens with two attached hydrogens (primary N) is 1. The van der Waals surface area contributed by atoms with Gasteiger partial charge in [0.25, 0.3) is 0 Å². The van der Waals surface area contributed by atoms with Gasteiger partial charge in [0, 0.05) is 11.1 Å². The topological polar surface area (TPSA) is 101 Å². The van der Waals surface area contributed by atoms with Crippen LogP contribution in [0.5, 0.6) is 23.1 Å². The summed E-state index contributed by atoms with van der Waals surface area (Å²) in [6, 6.07) is 0. The van der Waals surface area contributed by atoms with E-state index in [1.54, 1.807) is 6.92 Å². The largest absolute Gasteiger partial charge is 0.504 e. The summed E-state index contributed by atoms with van der Waals surface area (Å²) in [5.41, 5.74) is 6.55. The van der Waals surface area contributed by atoms with Gasteiger partial charge in [-0.05, 0) is 12.8 Å². The first-order chi connectivity index (χ1) is 10.7. The molecule has 23 heavy (non-hydrogen) atoms. The maximum atomic E-state index is 9.81. The Morgan fingerprint density at radius 2 is 1.57 bits per heavy atom. The number of ether oxygens (including phenoxy) is 1. The fourth-order valence-electron chi connectivity index (χ4n) is 2.10. The molecule has 0 unspecified atom stereocenters. The number of phenols is 2. The number of halogens is 3. The zero-order valence-electron chi connectivity index (χ0n) is 12.5. The highest BCUT2D eigenvalue weighted by atomic mass is 35.5. The van der Waals surface area contributed by atoms with Crippen molar-refractivity contribution in [2.45, 2.75) is 26.7 Å². The summed E-state index contributed by atoms with van der Waals surface area (Å²) in [4.78, 5) is 0. The Bertz CT molecular complexity index is 753. The molecule has 1 heterocycles. The molecule has 0 aliphatic heterocycles. The lowest BCUT2D eigenvalue weighted by Crippen LogP contribution is -2.03. The number of nitrogen functional groups attached to an aromatic ring is 1. The number of hydrogen-bond donors (Lipinski definition) is 3. The van der Waals surface area contributed by atoms with Gasteiger partial charge >= 0.3 is 0 Å². The number of phenolic OH excluding ortho intramolecular Hbond substituents is 2. The third-order valence-corrected chi connectivity index (χ3v) is 4.26. The van der Waals surface area contributed by atoms with Crippen molar-refractivity contribution >= 4 is 40.5 Å². The highest BCUT2D eigenvalue weighted by Gasteiger charge is 2.24. The predicted octanol–water partition coefficient (Wildman–Crippen LogP) is 4.65. The standard InChI is InChI=1S/C14H14Cl3N3O3/c1-4(2)6-5(3)14(20-19-13(6)17)23-12-7(15)10(21)9(18)11(22)8(12)16/h4,21-22H,18H2,1-3H3. The van der Waals surface area contributed by atoms with Crippen LogP contribution in [0.3, 0.4) is 0 Å². The second-order valence-corrected chi connectivity index (χ2v) is 6.27. The van der Waals surface area contributed by atoms with E-state index in [2.05, 4.69) is 10.2 Å². The number of nitrogens with zero attached hydrogens (tertiary/aromatic N) is 2. The van der Waals surface area contributed by atoms with Crippen molar-refractivity contribution in [3.8, 4) is 23.1 Å². The molecule has 2 aromatic rings. The van der Waals surface area contributed by atoms with E-state index in [-0.39, 0.29) is 38.4 Å². The quantitative estimate of drug-likeness (QED) is 0.530. The Morgan fingerprint density at radius 1 is 1.04 bits per heavy atom. The van der Waals surface area contributed by atoms with Gasteiger partial charge in [0.1, 0.15) is 15.7 Å². The summed E-state index contributed by atoms with van der Waals surface area (Å²) in [5, 5.41) is 27.1. The highest BCUT2D eigenvalue weighted by molar-refractivity contribution is 6.40. The number of aromatic nitrogens is 2. The molecule has 0 saturated carbocycles. The number of hydrogen-bond acceptors (Lipinski definition) is 6. The molecule has 0 saturated heterocycles. The van der Waals surface area contributed by atoms with Gasteiger partial charge in [0.2, 0.25) is 5.88 Å². The molecule has 0 amide bonds. The molecule has 9 heteroatoms. The molecule has 0 aliphatic carbocycles. The number of benzene rings is 1. The summed E-state index contributed by atoms with van der Waals surface area (Å²) >= 11 is 18.0. The zero-order chi connectivity index (χ0) is 17.5. The van der Waals surface area contributed by atoms with E-state index in [9.17, 15) is 10.2 Å². The first kappa shape index (κ1) is 17.7. The summed E-state index contributed by atoms with van der Waals surface area (Å²) in [6.07, 6.45) is 0. The maximum Gasteiger partial charge on any atom is 0.242 e. The van der Waals surface area contributed by atoms with Crippen LogP contribution in [0.4, 0.5) is 5.69 Å². The maximum absolute atomic E-state index is 9.81. The Hall–Kier alpha value is -1.63. The number of rotatable bonds is 3. The third kappa shape index (κ3) is 3.06. The molecule has 6 nitrogen and oxygen atoms in total. The van der Waals surface area contributed by atoms with Gasteiger partial charge in [-0.15, -0.1) is 10.2 Å². The van der Waals surface area contributed by atoms with E-state index in [1.807, 2.05) is 13.8 Å². The van der Waals surface area contributed by atoms with Crippen molar-refractivity contribution in [1.82, 2.24) is 10.2 Å². The Balaban J connectivity index is 2.60. The first-order valence-corrected chi connectivity index (χ1v) is 7.69. The van der Waals surface area contributed by atoms with Crippen molar-refractivity contribution in [3.63, 3.8) is 0 Å². The van der Waals surface area contributed by atoms with Gasteiger partial charge in [-0.1, -0.05) is 48.7 Å². The van der Waals surface area contributed by atoms with E-state index in [0.29, 0.717) is 5.56 Å². The molecule has 0 spiro atoms. The molecule has 4 N–H and O–H groups in total. The van der Waals surface area contributed by atoms with Crippen molar-refractivity contribution in [3.05, 3.63) is 26.3 Å². The van der Waals surface area contributed by atoms with Gasteiger partial charge in [-0.3, -0.25) is 0 Å². The average molecular weight is 379 g/mol. The van der Waals surface area contributed by atoms with E-state index >= 15 is 0 Å². The number of anilines is 1. The predicted molar refractivity (Wildman–Crippen MR) is 90.1 cm³/mol. The minimum atomic E-state index is -0.535. The number of aromatic hydroxyl groups is 2. The molecule has 1 aromatic carbocycles. The Morgan fingerprint density at radius 3 is 2.04 bits per heavy atom. The van der Waals surface area contributed by atoms with E-state index in [4.69, 9.17) is 45.3 Å². The summed E-state index contributed by atoms with van der Waals surface area (Å²) in [7, 11) is 0. The van der Waals surface area contributed by atoms with Crippen molar-refractivity contribution < 1.29 is 14.9 Å². The molecular weight excluding hydrogens is 365 g/mol. The summed E-state index contributed by atoms with van der Waals surface area (Å²) in [5.74, 6) is -1.06. The monoisotopic (exact) mass is 377 g/mol. The SMILES string of the molecule is Cc1c(Oc2c(Cl)c(O)c(N)c(O)c2Cl)nnc(Cl)c1C(C)C. The van der Waals surface area contributed by atoms with Gasteiger partial charge in [-0.25, -0.2) is 0 Å². The van der Waals surface area contributed by atoms with E-state index < -0.39 is 11.5 Å². The smallest absolute Gasteiger partial charge is 0.242 e. The molecular formula is C14H14Cl3N3O3. The minimum Gasteiger partial charge on any atom is -0.504 e. The van der Waals surface area contributed by atoms with E-state index in [1.165, 1.54) is 0 Å². The van der Waals surface area contributed by atoms with Crippen LogP contribution in [0.25, 0.3) is 0 Å². The molecule has 2 rings (SSSR count). The summed E-state index contributed by atoms with van der Waals surface area (Å²) < 4.78 is 5.56. The second-order valence-electron chi connectivity index (χ2n) is 5.16. The van der Waals surface area contributed by atoms with Gasteiger partial charge in [0.15, 0.2) is 22.4 Å². The van der Waals surface area contributed by atoms with Gasteiger partial charge < -0.3 is 20.7 Å². The molecule has 0 atom stereocenters. The van der Waals surface area contributed by atoms with Crippen LogP contribution < -0.4 is 10.5 Å². The van der Waals surface area contributed by atoms with Crippen LogP contribution in [0.15, 0.2) is 0 Å². The zero-order valence-corrected chi connectivity index (χ0v) is 14.8. The van der Waals surface area contributed by atoms with Crippen molar-refractivity contribution in [2.24, 2.45) is 0 Å². The average Bonchev–Trinajstić information content (AvgIpc) is 2.49. The fourth-order valence-corrected chi connectivity index (χ4v) is 3.02. The molecule has 0 bridgehead atoms. The second kappa shape index (κ2) is 6.47. The van der Waals surface area contributed by atoms with Crippen LogP contribution in [-0.4, -0.2) is 20.4 Å². The third-order valence-electron chi connectivity index (χ3n) is 3.28. The van der Waals surface area contributed by atoms with Crippen molar-refractivity contribution in [2.75, 3.05) is 5.73 Å². The van der Waals surface area contributed by atoms with Crippen LogP contribution in [0.2, 0.25) is 15.2 Å². The van der Waals surface area contributed by atoms with E-state index in [0.717, 1.165) is 5.56 Å². The minimum absolute atomic E-state index is 0.0829. The normalized spacial score (nSPS) is 11.1. The molecule has 1 aromatic heterocycles. The lowest BCUT2D eigenvalue weighted by atomic mass is 10.0. The van der Waals surface area contributed by atoms with Crippen LogP contribution in [0.1, 0.15) is 30.9 Å². The van der Waals surface area contributed by atoms with Gasteiger partial charge in [0.05, 0.1) is 0 Å². The molecule has 0 radical (unpaired) electrons.